The highest BCUT2D eigenvalue weighted by atomic mass is 19.1. The quantitative estimate of drug-likeness (QED) is 0.196. The number of nitrogens with zero attached hydrogens (tertiary/aromatic N) is 4. The zero-order chi connectivity index (χ0) is 33.9. The maximum absolute atomic E-state index is 15.1. The Morgan fingerprint density at radius 3 is 2.57 bits per heavy atom. The molecule has 0 saturated carbocycles. The van der Waals surface area contributed by atoms with E-state index in [9.17, 15) is 9.18 Å². The van der Waals surface area contributed by atoms with E-state index in [1.165, 1.54) is 49.1 Å². The molecule has 6 rings (SSSR count). The summed E-state index contributed by atoms with van der Waals surface area (Å²) in [5, 5.41) is 8.25. The zero-order valence-electron chi connectivity index (χ0n) is 28.3. The average molecular weight is 644 g/mol. The van der Waals surface area contributed by atoms with Crippen LogP contribution in [0, 0.1) is 23.0 Å². The van der Waals surface area contributed by atoms with E-state index in [0.717, 1.165) is 57.6 Å². The topological polar surface area (TPSA) is 85.2 Å². The van der Waals surface area contributed by atoms with E-state index in [1.807, 2.05) is 19.9 Å². The summed E-state index contributed by atoms with van der Waals surface area (Å²) < 4.78 is 34.6. The number of pyridine rings is 1. The Bertz CT molecular complexity index is 1670. The minimum absolute atomic E-state index is 0.0139. The van der Waals surface area contributed by atoms with Crippen LogP contribution in [0.4, 0.5) is 8.78 Å². The highest BCUT2D eigenvalue weighted by Gasteiger charge is 2.25. The molecule has 2 aliphatic heterocycles. The lowest BCUT2D eigenvalue weighted by molar-refractivity contribution is -0.107. The third-order valence-corrected chi connectivity index (χ3v) is 9.32. The minimum atomic E-state index is -0.488. The highest BCUT2D eigenvalue weighted by molar-refractivity contribution is 5.95. The molecular weight excluding hydrogens is 596 g/mol. The van der Waals surface area contributed by atoms with Gasteiger partial charge in [-0.2, -0.15) is 5.26 Å². The lowest BCUT2D eigenvalue weighted by Gasteiger charge is -2.34. The molecule has 2 aliphatic rings. The Labute approximate surface area is 277 Å². The molecule has 1 saturated heterocycles. The largest absolute Gasteiger partial charge is 0.496 e. The maximum atomic E-state index is 15.1. The number of aromatic nitrogens is 2. The van der Waals surface area contributed by atoms with Crippen molar-refractivity contribution in [1.29, 1.82) is 5.26 Å². The third-order valence-electron chi connectivity index (χ3n) is 9.32. The van der Waals surface area contributed by atoms with Crippen molar-refractivity contribution < 1.29 is 18.3 Å². The first-order valence-electron chi connectivity index (χ1n) is 16.7. The number of H-pyrrole nitrogens is 1. The van der Waals surface area contributed by atoms with Gasteiger partial charge in [0.25, 0.3) is 0 Å². The van der Waals surface area contributed by atoms with Gasteiger partial charge >= 0.3 is 0 Å². The van der Waals surface area contributed by atoms with Crippen molar-refractivity contribution in [2.45, 2.75) is 71.3 Å². The molecular formula is C38H47F2N5O2. The van der Waals surface area contributed by atoms with Gasteiger partial charge in [0.05, 0.1) is 25.8 Å². The maximum Gasteiger partial charge on any atom is 0.150 e. The summed E-state index contributed by atoms with van der Waals surface area (Å²) in [6, 6.07) is 15.2. The first-order valence-corrected chi connectivity index (χ1v) is 16.7. The number of carbonyl (C=O) groups is 1. The van der Waals surface area contributed by atoms with Crippen LogP contribution < -0.4 is 4.74 Å². The molecule has 47 heavy (non-hydrogen) atoms. The molecule has 250 valence electrons. The minimum Gasteiger partial charge on any atom is -0.496 e. The van der Waals surface area contributed by atoms with E-state index in [2.05, 4.69) is 51.9 Å². The number of aromatic amines is 1. The van der Waals surface area contributed by atoms with E-state index in [0.29, 0.717) is 46.2 Å². The van der Waals surface area contributed by atoms with Crippen molar-refractivity contribution in [2.24, 2.45) is 0 Å². The lowest BCUT2D eigenvalue weighted by Crippen LogP contribution is -2.34. The molecule has 2 aromatic carbocycles. The fourth-order valence-corrected chi connectivity index (χ4v) is 6.74. The van der Waals surface area contributed by atoms with Crippen molar-refractivity contribution >= 4 is 17.3 Å². The number of hydrogen-bond acceptors (Lipinski definition) is 6. The summed E-state index contributed by atoms with van der Waals surface area (Å²) in [5.74, 6) is -0.132. The van der Waals surface area contributed by atoms with E-state index in [1.54, 1.807) is 11.6 Å². The number of halogens is 2. The number of aldehydes is 1. The number of benzene rings is 2. The molecule has 0 spiro atoms. The van der Waals surface area contributed by atoms with Crippen LogP contribution >= 0.6 is 0 Å². The number of nitrogens with one attached hydrogen (secondary N) is 1. The summed E-state index contributed by atoms with van der Waals surface area (Å²) in [6.45, 7) is 10.6. The Balaban J connectivity index is 0.000000655. The molecule has 9 heteroatoms. The summed E-state index contributed by atoms with van der Waals surface area (Å²) in [5.41, 5.74) is 7.01. The van der Waals surface area contributed by atoms with Crippen LogP contribution in [0.5, 0.6) is 5.75 Å². The fourth-order valence-electron chi connectivity index (χ4n) is 6.74. The van der Waals surface area contributed by atoms with Gasteiger partial charge in [0.15, 0.2) is 0 Å². The van der Waals surface area contributed by atoms with Crippen LogP contribution in [0.25, 0.3) is 22.2 Å². The lowest BCUT2D eigenvalue weighted by atomic mass is 9.88. The van der Waals surface area contributed by atoms with Crippen LogP contribution in [0.1, 0.15) is 80.8 Å². The van der Waals surface area contributed by atoms with Gasteiger partial charge in [-0.1, -0.05) is 32.0 Å². The third kappa shape index (κ3) is 8.43. The molecule has 1 unspecified atom stereocenters. The molecule has 2 aromatic heterocycles. The second-order valence-electron chi connectivity index (χ2n) is 12.0. The van der Waals surface area contributed by atoms with Crippen molar-refractivity contribution in [3.8, 4) is 22.9 Å². The van der Waals surface area contributed by atoms with E-state index >= 15 is 4.39 Å². The molecule has 0 bridgehead atoms. The van der Waals surface area contributed by atoms with Gasteiger partial charge in [0.2, 0.25) is 0 Å². The van der Waals surface area contributed by atoms with Crippen LogP contribution in [0.15, 0.2) is 48.7 Å². The van der Waals surface area contributed by atoms with E-state index in [4.69, 9.17) is 10.00 Å². The highest BCUT2D eigenvalue weighted by Crippen LogP contribution is 2.39. The van der Waals surface area contributed by atoms with Crippen molar-refractivity contribution in [1.82, 2.24) is 19.8 Å². The second-order valence-corrected chi connectivity index (χ2v) is 12.0. The van der Waals surface area contributed by atoms with Gasteiger partial charge in [-0.05, 0) is 107 Å². The molecule has 1 fully saturated rings. The predicted octanol–water partition coefficient (Wildman–Crippen LogP) is 8.00. The number of carbonyl (C=O) groups excluding carboxylic acids is 1. The number of likely N-dealkylation sites (N-methyl/N-ethyl adjacent to an activating group) is 1. The molecule has 7 nitrogen and oxygen atoms in total. The van der Waals surface area contributed by atoms with Crippen molar-refractivity contribution in [3.05, 3.63) is 82.7 Å². The summed E-state index contributed by atoms with van der Waals surface area (Å²) in [7, 11) is 3.73. The SMILES string of the molecule is CC.COc1ccc(F)cc1-c1c(F)cnc2[nH]c(C3CCN(CCCc4cccc5c4CCN(C)C5C)CC3)cc12.N#CCC=O. The summed E-state index contributed by atoms with van der Waals surface area (Å²) in [4.78, 5) is 21.9. The van der Waals surface area contributed by atoms with Gasteiger partial charge < -0.3 is 19.4 Å². The van der Waals surface area contributed by atoms with Crippen molar-refractivity contribution in [3.63, 3.8) is 0 Å². The molecule has 1 atom stereocenters. The van der Waals surface area contributed by atoms with E-state index < -0.39 is 11.6 Å². The Hall–Kier alpha value is -4.13. The fraction of sp³-hybridized carbons (Fsp3) is 0.447. The predicted molar refractivity (Wildman–Crippen MR) is 184 cm³/mol. The van der Waals surface area contributed by atoms with Gasteiger partial charge in [-0.15, -0.1) is 0 Å². The molecule has 1 N–H and O–H groups in total. The number of piperidine rings is 1. The second kappa shape index (κ2) is 17.1. The number of hydrogen-bond donors (Lipinski definition) is 1. The zero-order valence-corrected chi connectivity index (χ0v) is 28.3. The monoisotopic (exact) mass is 643 g/mol. The molecule has 0 aliphatic carbocycles. The standard InChI is InChI=1S/C33H38F2N4O.C3H3NO.C2H6/c1-21-25-8-4-6-22(26(25)13-15-38(21)2)7-5-14-39-16-11-23(12-17-39)30-19-28-32(29(35)20-36-33(28)37-30)27-18-24(34)9-10-31(27)40-3;4-2-1-3-5;1-2/h4,6,8-10,18-21,23H,5,7,11-17H2,1-3H3,(H,36,37);3H,1H2;1-2H3. The molecule has 4 aromatic rings. The van der Waals surface area contributed by atoms with Gasteiger partial charge in [-0.3, -0.25) is 4.90 Å². The average Bonchev–Trinajstić information content (AvgIpc) is 3.53. The van der Waals surface area contributed by atoms with Crippen molar-refractivity contribution in [2.75, 3.05) is 40.3 Å². The van der Waals surface area contributed by atoms with Crippen LogP contribution in [-0.4, -0.2) is 66.4 Å². The van der Waals surface area contributed by atoms with Gasteiger partial charge in [-0.25, -0.2) is 13.8 Å². The Morgan fingerprint density at radius 1 is 1.13 bits per heavy atom. The van der Waals surface area contributed by atoms with Gasteiger partial charge in [0.1, 0.15) is 29.3 Å². The number of likely N-dealkylation sites (tertiary alicyclic amines) is 1. The normalized spacial score (nSPS) is 16.7. The smallest absolute Gasteiger partial charge is 0.150 e. The summed E-state index contributed by atoms with van der Waals surface area (Å²) in [6.07, 6.45) is 7.31. The van der Waals surface area contributed by atoms with E-state index in [-0.39, 0.29) is 6.42 Å². The van der Waals surface area contributed by atoms with Crippen LogP contribution in [0.3, 0.4) is 0 Å². The van der Waals surface area contributed by atoms with Crippen LogP contribution in [0.2, 0.25) is 0 Å². The Kier molecular flexibility index (Phi) is 13.0. The molecule has 0 radical (unpaired) electrons. The van der Waals surface area contributed by atoms with Crippen LogP contribution in [-0.2, 0) is 17.6 Å². The first-order chi connectivity index (χ1) is 22.8. The summed E-state index contributed by atoms with van der Waals surface area (Å²) >= 11 is 0. The number of ether oxygens (including phenoxy) is 1. The Morgan fingerprint density at radius 2 is 1.89 bits per heavy atom. The first kappa shape index (κ1) is 35.7. The van der Waals surface area contributed by atoms with Gasteiger partial charge in [0, 0.05) is 40.7 Å². The number of rotatable bonds is 8. The molecule has 4 heterocycles. The molecule has 0 amide bonds. The number of fused-ring (bicyclic) bond motifs is 2. The number of aryl methyl sites for hydroxylation is 1. The number of nitriles is 1. The number of methoxy groups -OCH3 is 1.